The Morgan fingerprint density at radius 1 is 0.870 bits per heavy atom. The van der Waals surface area contributed by atoms with Crippen LogP contribution in [0.15, 0.2) is 70.0 Å². The number of rotatable bonds is 2. The van der Waals surface area contributed by atoms with Gasteiger partial charge in [-0.2, -0.15) is 4.31 Å². The molecule has 4 nitrogen and oxygen atoms in total. The maximum Gasteiger partial charge on any atom is 0.273 e. The topological polar surface area (TPSA) is 54.5 Å². The standard InChI is InChI=1S/C17H10BrNO3S/c18-14-9-10-15-16-12(14)7-4-8-13(16)17(20)19(15)23(21,22)11-5-2-1-3-6-11/h1-10H. The van der Waals surface area contributed by atoms with Crippen molar-refractivity contribution in [3.63, 3.8) is 0 Å². The Kier molecular flexibility index (Phi) is 3.08. The van der Waals surface area contributed by atoms with Crippen molar-refractivity contribution in [2.75, 3.05) is 4.31 Å². The highest BCUT2D eigenvalue weighted by atomic mass is 79.9. The van der Waals surface area contributed by atoms with Gasteiger partial charge >= 0.3 is 0 Å². The van der Waals surface area contributed by atoms with Gasteiger partial charge < -0.3 is 0 Å². The van der Waals surface area contributed by atoms with Crippen LogP contribution in [0.3, 0.4) is 0 Å². The molecule has 1 aliphatic rings. The molecule has 0 aromatic heterocycles. The SMILES string of the molecule is O=C1c2cccc3c(Br)ccc(c23)N1S(=O)(=O)c1ccccc1. The van der Waals surface area contributed by atoms with E-state index in [2.05, 4.69) is 15.9 Å². The van der Waals surface area contributed by atoms with E-state index in [0.717, 1.165) is 14.2 Å². The summed E-state index contributed by atoms with van der Waals surface area (Å²) in [6.45, 7) is 0. The first-order chi connectivity index (χ1) is 11.0. The van der Waals surface area contributed by atoms with Crippen LogP contribution in [-0.4, -0.2) is 14.3 Å². The Bertz CT molecular complexity index is 1060. The van der Waals surface area contributed by atoms with Gasteiger partial charge in [-0.15, -0.1) is 0 Å². The fourth-order valence-electron chi connectivity index (χ4n) is 2.86. The number of benzene rings is 3. The van der Waals surface area contributed by atoms with Crippen LogP contribution in [0.5, 0.6) is 0 Å². The van der Waals surface area contributed by atoms with Crippen LogP contribution in [0.25, 0.3) is 10.8 Å². The van der Waals surface area contributed by atoms with Gasteiger partial charge in [-0.1, -0.05) is 46.3 Å². The predicted molar refractivity (Wildman–Crippen MR) is 92.1 cm³/mol. The minimum atomic E-state index is -3.95. The Hall–Kier alpha value is -2.18. The van der Waals surface area contributed by atoms with E-state index in [1.807, 2.05) is 6.07 Å². The van der Waals surface area contributed by atoms with Crippen molar-refractivity contribution < 1.29 is 13.2 Å². The Morgan fingerprint density at radius 3 is 2.35 bits per heavy atom. The fraction of sp³-hybridized carbons (Fsp3) is 0. The summed E-state index contributed by atoms with van der Waals surface area (Å²) < 4.78 is 27.6. The van der Waals surface area contributed by atoms with Crippen molar-refractivity contribution in [3.8, 4) is 0 Å². The molecule has 0 spiro atoms. The number of nitrogens with zero attached hydrogens (tertiary/aromatic N) is 1. The largest absolute Gasteiger partial charge is 0.273 e. The molecule has 0 atom stereocenters. The smallest absolute Gasteiger partial charge is 0.268 e. The second-order valence-corrected chi connectivity index (χ2v) is 7.82. The minimum absolute atomic E-state index is 0.0947. The second kappa shape index (κ2) is 4.91. The van der Waals surface area contributed by atoms with E-state index in [-0.39, 0.29) is 4.90 Å². The van der Waals surface area contributed by atoms with Gasteiger partial charge in [-0.05, 0) is 35.7 Å². The van der Waals surface area contributed by atoms with Crippen LogP contribution < -0.4 is 4.31 Å². The van der Waals surface area contributed by atoms with E-state index in [4.69, 9.17) is 0 Å². The molecule has 0 N–H and O–H groups in total. The van der Waals surface area contributed by atoms with Crippen LogP contribution in [0.4, 0.5) is 5.69 Å². The Balaban J connectivity index is 2.02. The van der Waals surface area contributed by atoms with E-state index in [9.17, 15) is 13.2 Å². The molecule has 1 aliphatic heterocycles. The first-order valence-electron chi connectivity index (χ1n) is 6.88. The lowest BCUT2D eigenvalue weighted by molar-refractivity contribution is 0.101. The number of sulfonamides is 1. The predicted octanol–water partition coefficient (Wildman–Crippen LogP) is 3.95. The summed E-state index contributed by atoms with van der Waals surface area (Å²) in [4.78, 5) is 12.8. The molecule has 6 heteroatoms. The lowest BCUT2D eigenvalue weighted by atomic mass is 10.1. The molecule has 114 valence electrons. The van der Waals surface area contributed by atoms with E-state index in [0.29, 0.717) is 16.6 Å². The molecule has 0 bridgehead atoms. The molecule has 1 amide bonds. The van der Waals surface area contributed by atoms with Crippen molar-refractivity contribution in [3.05, 3.63) is 70.7 Å². The molecule has 1 heterocycles. The zero-order valence-electron chi connectivity index (χ0n) is 11.7. The van der Waals surface area contributed by atoms with Crippen LogP contribution in [0.1, 0.15) is 10.4 Å². The molecule has 0 saturated heterocycles. The van der Waals surface area contributed by atoms with Gasteiger partial charge in [-0.3, -0.25) is 4.79 Å². The van der Waals surface area contributed by atoms with Crippen molar-refractivity contribution in [1.29, 1.82) is 0 Å². The Labute approximate surface area is 141 Å². The van der Waals surface area contributed by atoms with Crippen molar-refractivity contribution in [1.82, 2.24) is 0 Å². The number of carbonyl (C=O) groups excluding carboxylic acids is 1. The molecule has 0 aliphatic carbocycles. The third-order valence-corrected chi connectivity index (χ3v) is 6.28. The van der Waals surface area contributed by atoms with Gasteiger partial charge in [0.15, 0.2) is 0 Å². The van der Waals surface area contributed by atoms with Gasteiger partial charge in [0.1, 0.15) is 0 Å². The summed E-state index contributed by atoms with van der Waals surface area (Å²) in [6.07, 6.45) is 0. The van der Waals surface area contributed by atoms with Crippen LogP contribution >= 0.6 is 15.9 Å². The molecule has 3 aromatic carbocycles. The molecule has 4 rings (SSSR count). The summed E-state index contributed by atoms with van der Waals surface area (Å²) in [6, 6.07) is 16.7. The average molecular weight is 388 g/mol. The van der Waals surface area contributed by atoms with Gasteiger partial charge in [0.05, 0.1) is 16.1 Å². The summed E-state index contributed by atoms with van der Waals surface area (Å²) >= 11 is 3.45. The van der Waals surface area contributed by atoms with E-state index in [1.165, 1.54) is 12.1 Å². The monoisotopic (exact) mass is 387 g/mol. The van der Waals surface area contributed by atoms with Crippen LogP contribution in [0.2, 0.25) is 0 Å². The van der Waals surface area contributed by atoms with Crippen molar-refractivity contribution in [2.45, 2.75) is 4.90 Å². The lowest BCUT2D eigenvalue weighted by Crippen LogP contribution is -2.33. The van der Waals surface area contributed by atoms with E-state index >= 15 is 0 Å². The Morgan fingerprint density at radius 2 is 1.61 bits per heavy atom. The quantitative estimate of drug-likeness (QED) is 0.668. The van der Waals surface area contributed by atoms with Gasteiger partial charge in [-0.25, -0.2) is 8.42 Å². The fourth-order valence-corrected chi connectivity index (χ4v) is 4.76. The molecule has 23 heavy (non-hydrogen) atoms. The molecular formula is C17H10BrNO3S. The van der Waals surface area contributed by atoms with Crippen LogP contribution in [0, 0.1) is 0 Å². The molecule has 0 saturated carbocycles. The zero-order chi connectivity index (χ0) is 16.2. The number of hydrogen-bond donors (Lipinski definition) is 0. The normalized spacial score (nSPS) is 13.8. The summed E-state index contributed by atoms with van der Waals surface area (Å²) in [5.41, 5.74) is 0.797. The number of anilines is 1. The van der Waals surface area contributed by atoms with Gasteiger partial charge in [0.25, 0.3) is 15.9 Å². The second-order valence-electron chi connectivity index (χ2n) is 5.18. The maximum absolute atomic E-state index is 12.9. The first kappa shape index (κ1) is 14.4. The van der Waals surface area contributed by atoms with Crippen molar-refractivity contribution >= 4 is 48.3 Å². The number of carbonyl (C=O) groups is 1. The molecular weight excluding hydrogens is 378 g/mol. The summed E-state index contributed by atoms with van der Waals surface area (Å²) in [7, 11) is -3.95. The molecule has 0 fully saturated rings. The third-order valence-electron chi connectivity index (χ3n) is 3.88. The third kappa shape index (κ3) is 1.95. The minimum Gasteiger partial charge on any atom is -0.268 e. The maximum atomic E-state index is 12.9. The highest BCUT2D eigenvalue weighted by molar-refractivity contribution is 9.10. The van der Waals surface area contributed by atoms with Gasteiger partial charge in [0.2, 0.25) is 0 Å². The number of hydrogen-bond acceptors (Lipinski definition) is 3. The number of amides is 1. The van der Waals surface area contributed by atoms with Crippen molar-refractivity contribution in [2.24, 2.45) is 0 Å². The number of halogens is 1. The van der Waals surface area contributed by atoms with E-state index < -0.39 is 15.9 Å². The summed E-state index contributed by atoms with van der Waals surface area (Å²) in [5.74, 6) is -0.521. The first-order valence-corrected chi connectivity index (χ1v) is 9.11. The molecule has 0 radical (unpaired) electrons. The highest BCUT2D eigenvalue weighted by Crippen LogP contribution is 2.42. The average Bonchev–Trinajstić information content (AvgIpc) is 2.86. The summed E-state index contributed by atoms with van der Waals surface area (Å²) in [5, 5.41) is 1.48. The van der Waals surface area contributed by atoms with Crippen LogP contribution in [-0.2, 0) is 10.0 Å². The van der Waals surface area contributed by atoms with Gasteiger partial charge in [0, 0.05) is 9.86 Å². The molecule has 0 unspecified atom stereocenters. The van der Waals surface area contributed by atoms with E-state index in [1.54, 1.807) is 42.5 Å². The molecule has 3 aromatic rings. The lowest BCUT2D eigenvalue weighted by Gasteiger charge is -2.18. The zero-order valence-corrected chi connectivity index (χ0v) is 14.1. The highest BCUT2D eigenvalue weighted by Gasteiger charge is 2.39.